The largest absolute Gasteiger partial charge is 0.338 e. The summed E-state index contributed by atoms with van der Waals surface area (Å²) in [6.07, 6.45) is 1.18. The van der Waals surface area contributed by atoms with Gasteiger partial charge in [0.2, 0.25) is 5.88 Å². The van der Waals surface area contributed by atoms with Gasteiger partial charge in [0.1, 0.15) is 5.82 Å². The van der Waals surface area contributed by atoms with Gasteiger partial charge in [-0.15, -0.1) is 0 Å². The van der Waals surface area contributed by atoms with E-state index in [2.05, 4.69) is 22.6 Å². The van der Waals surface area contributed by atoms with Crippen LogP contribution in [0.1, 0.15) is 47.1 Å². The molecule has 0 spiro atoms. The number of aromatic nitrogens is 1. The van der Waals surface area contributed by atoms with Gasteiger partial charge >= 0.3 is 0 Å². The van der Waals surface area contributed by atoms with Crippen molar-refractivity contribution in [2.24, 2.45) is 0 Å². The van der Waals surface area contributed by atoms with Gasteiger partial charge in [0.05, 0.1) is 11.3 Å². The molecule has 5 rings (SSSR count). The number of nitrogens with zero attached hydrogens (tertiary/aromatic N) is 1. The minimum Gasteiger partial charge on any atom is -0.338 e. The van der Waals surface area contributed by atoms with Crippen molar-refractivity contribution >= 4 is 11.7 Å². The van der Waals surface area contributed by atoms with Gasteiger partial charge < -0.3 is 9.84 Å². The molecule has 0 unspecified atom stereocenters. The maximum atomic E-state index is 13.5. The highest BCUT2D eigenvalue weighted by atomic mass is 19.1. The van der Waals surface area contributed by atoms with Crippen LogP contribution >= 0.6 is 0 Å². The Kier molecular flexibility index (Phi) is 3.90. The van der Waals surface area contributed by atoms with Crippen molar-refractivity contribution in [2.45, 2.75) is 31.6 Å². The minimum absolute atomic E-state index is 0.114. The van der Waals surface area contributed by atoms with E-state index in [1.807, 2.05) is 25.1 Å². The van der Waals surface area contributed by atoms with Crippen LogP contribution in [0.2, 0.25) is 0 Å². The highest BCUT2D eigenvalue weighted by molar-refractivity contribution is 6.01. The molecule has 0 saturated heterocycles. The molecule has 1 aliphatic carbocycles. The van der Waals surface area contributed by atoms with E-state index in [4.69, 9.17) is 4.52 Å². The lowest BCUT2D eigenvalue weighted by Gasteiger charge is -2.34. The molecule has 1 aromatic heterocycles. The number of halogens is 1. The third-order valence-corrected chi connectivity index (χ3v) is 5.73. The van der Waals surface area contributed by atoms with Gasteiger partial charge in [0.25, 0.3) is 0 Å². The number of nitrogens with one attached hydrogen (secondary N) is 1. The summed E-state index contributed by atoms with van der Waals surface area (Å²) in [6.45, 7) is 1.87. The summed E-state index contributed by atoms with van der Waals surface area (Å²) in [7, 11) is 0. The Hall–Kier alpha value is -3.21. The molecule has 3 aromatic rings. The van der Waals surface area contributed by atoms with Gasteiger partial charge in [-0.1, -0.05) is 47.6 Å². The molecule has 140 valence electrons. The second kappa shape index (κ2) is 6.44. The standard InChI is InChI=1S/C23H19FN2O2/c1-13-20-21(15-7-9-17(24)10-8-15)22-18(25-23(20)28-26-13)11-16(12-19(22)27)14-5-3-2-4-6-14/h2-10,16,21,25H,11-12H2,1H3/t16-,21+/m1/s1. The van der Waals surface area contributed by atoms with E-state index < -0.39 is 0 Å². The zero-order valence-corrected chi connectivity index (χ0v) is 15.4. The molecule has 5 heteroatoms. The molecule has 2 aromatic carbocycles. The lowest BCUT2D eigenvalue weighted by atomic mass is 9.72. The minimum atomic E-state index is -0.298. The molecule has 0 amide bonds. The average molecular weight is 374 g/mol. The molecule has 0 bridgehead atoms. The number of Topliss-reactive ketones (excluding diaryl/α,β-unsaturated/α-hetero) is 1. The summed E-state index contributed by atoms with van der Waals surface area (Å²) in [6, 6.07) is 16.4. The fourth-order valence-corrected chi connectivity index (χ4v) is 4.42. The van der Waals surface area contributed by atoms with Crippen LogP contribution in [0.25, 0.3) is 0 Å². The molecule has 0 saturated carbocycles. The number of aryl methyl sites for hydroxylation is 1. The molecular weight excluding hydrogens is 355 g/mol. The van der Waals surface area contributed by atoms with E-state index in [1.165, 1.54) is 12.1 Å². The molecule has 1 N–H and O–H groups in total. The third kappa shape index (κ3) is 2.66. The SMILES string of the molecule is Cc1noc2c1[C@H](c1ccc(F)cc1)C1=C(C[C@@H](c3ccccc3)CC1=O)N2. The number of carbonyl (C=O) groups is 1. The normalized spacial score (nSPS) is 21.1. The number of rotatable bonds is 2. The monoisotopic (exact) mass is 374 g/mol. The first-order valence-corrected chi connectivity index (χ1v) is 9.41. The van der Waals surface area contributed by atoms with E-state index in [0.717, 1.165) is 40.1 Å². The third-order valence-electron chi connectivity index (χ3n) is 5.73. The lowest BCUT2D eigenvalue weighted by Crippen LogP contribution is -2.29. The van der Waals surface area contributed by atoms with Gasteiger partial charge in [0.15, 0.2) is 5.78 Å². The van der Waals surface area contributed by atoms with Crippen LogP contribution in [-0.4, -0.2) is 10.9 Å². The second-order valence-electron chi connectivity index (χ2n) is 7.45. The Morgan fingerprint density at radius 1 is 1.04 bits per heavy atom. The lowest BCUT2D eigenvalue weighted by molar-refractivity contribution is -0.116. The van der Waals surface area contributed by atoms with Crippen molar-refractivity contribution in [3.05, 3.63) is 94.1 Å². The fourth-order valence-electron chi connectivity index (χ4n) is 4.42. The molecule has 4 nitrogen and oxygen atoms in total. The number of allylic oxidation sites excluding steroid dienone is 2. The maximum Gasteiger partial charge on any atom is 0.233 e. The molecule has 2 aliphatic rings. The molecule has 2 atom stereocenters. The van der Waals surface area contributed by atoms with Gasteiger partial charge in [-0.05, 0) is 42.5 Å². The quantitative estimate of drug-likeness (QED) is 0.680. The Balaban J connectivity index is 1.63. The smallest absolute Gasteiger partial charge is 0.233 e. The number of carbonyl (C=O) groups excluding carboxylic acids is 1. The number of hydrogen-bond donors (Lipinski definition) is 1. The van der Waals surface area contributed by atoms with Crippen molar-refractivity contribution in [1.82, 2.24) is 5.16 Å². The highest BCUT2D eigenvalue weighted by Gasteiger charge is 2.41. The van der Waals surface area contributed by atoms with E-state index in [-0.39, 0.29) is 23.4 Å². The molecule has 0 radical (unpaired) electrons. The van der Waals surface area contributed by atoms with Crippen LogP contribution in [0.3, 0.4) is 0 Å². The second-order valence-corrected chi connectivity index (χ2v) is 7.45. The molecule has 28 heavy (non-hydrogen) atoms. The van der Waals surface area contributed by atoms with Gasteiger partial charge in [-0.25, -0.2) is 4.39 Å². The van der Waals surface area contributed by atoms with Crippen molar-refractivity contribution in [3.63, 3.8) is 0 Å². The topological polar surface area (TPSA) is 55.1 Å². The zero-order valence-electron chi connectivity index (χ0n) is 15.4. The van der Waals surface area contributed by atoms with E-state index >= 15 is 0 Å². The number of ketones is 1. The van der Waals surface area contributed by atoms with Crippen molar-refractivity contribution in [3.8, 4) is 0 Å². The van der Waals surface area contributed by atoms with Crippen LogP contribution in [0.5, 0.6) is 0 Å². The van der Waals surface area contributed by atoms with Crippen LogP contribution in [0.4, 0.5) is 10.3 Å². The summed E-state index contributed by atoms with van der Waals surface area (Å²) < 4.78 is 19.0. The Morgan fingerprint density at radius 3 is 2.54 bits per heavy atom. The van der Waals surface area contributed by atoms with E-state index in [9.17, 15) is 9.18 Å². The van der Waals surface area contributed by atoms with E-state index in [0.29, 0.717) is 12.3 Å². The van der Waals surface area contributed by atoms with Crippen LogP contribution in [0, 0.1) is 12.7 Å². The summed E-state index contributed by atoms with van der Waals surface area (Å²) in [5, 5.41) is 7.42. The Morgan fingerprint density at radius 2 is 1.79 bits per heavy atom. The summed E-state index contributed by atoms with van der Waals surface area (Å²) >= 11 is 0. The molecule has 2 heterocycles. The van der Waals surface area contributed by atoms with Crippen molar-refractivity contribution in [1.29, 1.82) is 0 Å². The van der Waals surface area contributed by atoms with Crippen LogP contribution in [0.15, 0.2) is 70.4 Å². The number of benzene rings is 2. The first-order chi connectivity index (χ1) is 13.6. The summed E-state index contributed by atoms with van der Waals surface area (Å²) in [4.78, 5) is 13.3. The summed E-state index contributed by atoms with van der Waals surface area (Å²) in [5.74, 6) is 0.227. The average Bonchev–Trinajstić information content (AvgIpc) is 3.08. The first kappa shape index (κ1) is 16.9. The predicted molar refractivity (Wildman–Crippen MR) is 104 cm³/mol. The van der Waals surface area contributed by atoms with Crippen molar-refractivity contribution < 1.29 is 13.7 Å². The van der Waals surface area contributed by atoms with Gasteiger partial charge in [-0.3, -0.25) is 4.79 Å². The predicted octanol–water partition coefficient (Wildman–Crippen LogP) is 5.08. The summed E-state index contributed by atoms with van der Waals surface area (Å²) in [5.41, 5.74) is 5.25. The first-order valence-electron chi connectivity index (χ1n) is 9.41. The van der Waals surface area contributed by atoms with Crippen LogP contribution < -0.4 is 5.32 Å². The Labute approximate surface area is 162 Å². The Bertz CT molecular complexity index is 1080. The van der Waals surface area contributed by atoms with Crippen molar-refractivity contribution in [2.75, 3.05) is 5.32 Å². The van der Waals surface area contributed by atoms with Gasteiger partial charge in [-0.2, -0.15) is 0 Å². The number of hydrogen-bond acceptors (Lipinski definition) is 4. The van der Waals surface area contributed by atoms with Gasteiger partial charge in [0, 0.05) is 23.6 Å². The molecule has 0 fully saturated rings. The fraction of sp³-hybridized carbons (Fsp3) is 0.217. The number of anilines is 1. The van der Waals surface area contributed by atoms with Crippen LogP contribution in [-0.2, 0) is 4.79 Å². The van der Waals surface area contributed by atoms with E-state index in [1.54, 1.807) is 12.1 Å². The number of fused-ring (bicyclic) bond motifs is 1. The highest BCUT2D eigenvalue weighted by Crippen LogP contribution is 2.48. The molecular formula is C23H19FN2O2. The maximum absolute atomic E-state index is 13.5. The molecule has 1 aliphatic heterocycles. The zero-order chi connectivity index (χ0) is 19.3.